The van der Waals surface area contributed by atoms with Crippen LogP contribution in [0.4, 0.5) is 10.7 Å². The number of piperidine rings is 1. The van der Waals surface area contributed by atoms with Gasteiger partial charge in [-0.2, -0.15) is 0 Å². The number of carbonyl (C=O) groups is 2. The quantitative estimate of drug-likeness (QED) is 0.725. The smallest absolute Gasteiger partial charge is 0.258 e. The van der Waals surface area contributed by atoms with E-state index in [4.69, 9.17) is 0 Å². The summed E-state index contributed by atoms with van der Waals surface area (Å²) in [6, 6.07) is 6.02. The van der Waals surface area contributed by atoms with Gasteiger partial charge in [0, 0.05) is 17.1 Å². The highest BCUT2D eigenvalue weighted by atomic mass is 32.1. The maximum Gasteiger partial charge on any atom is 0.258 e. The van der Waals surface area contributed by atoms with Gasteiger partial charge in [-0.25, -0.2) is 0 Å². The van der Waals surface area contributed by atoms with Crippen molar-refractivity contribution in [3.05, 3.63) is 45.3 Å². The molecule has 2 aliphatic rings. The molecule has 1 aromatic carbocycles. The second kappa shape index (κ2) is 8.90. The lowest BCUT2D eigenvalue weighted by Gasteiger charge is -2.30. The summed E-state index contributed by atoms with van der Waals surface area (Å²) < 4.78 is 0. The number of nitrogens with zero attached hydrogens (tertiary/aromatic N) is 1. The fraction of sp³-hybridized carbons (Fsp3) is 0.500. The predicted octanol–water partition coefficient (Wildman–Crippen LogP) is 4.78. The minimum absolute atomic E-state index is 0.0235. The van der Waals surface area contributed by atoms with E-state index in [0.29, 0.717) is 23.0 Å². The van der Waals surface area contributed by atoms with Crippen LogP contribution in [0.5, 0.6) is 0 Å². The summed E-state index contributed by atoms with van der Waals surface area (Å²) in [5.74, 6) is 0.490. The first-order valence-electron chi connectivity index (χ1n) is 11.0. The van der Waals surface area contributed by atoms with Gasteiger partial charge in [-0.15, -0.1) is 11.3 Å². The van der Waals surface area contributed by atoms with Crippen molar-refractivity contribution in [3.63, 3.8) is 0 Å². The molecule has 2 N–H and O–H groups in total. The van der Waals surface area contributed by atoms with Crippen molar-refractivity contribution in [2.75, 3.05) is 30.3 Å². The minimum atomic E-state index is -0.122. The number of hydrogen-bond acceptors (Lipinski definition) is 4. The topological polar surface area (TPSA) is 61.4 Å². The highest BCUT2D eigenvalue weighted by Gasteiger charge is 2.28. The number of anilines is 2. The number of hydrogen-bond donors (Lipinski definition) is 2. The van der Waals surface area contributed by atoms with Gasteiger partial charge in [-0.1, -0.05) is 24.6 Å². The Hall–Kier alpha value is -2.18. The normalized spacial score (nSPS) is 18.8. The molecule has 2 heterocycles. The third kappa shape index (κ3) is 4.60. The summed E-state index contributed by atoms with van der Waals surface area (Å²) in [5, 5.41) is 6.85. The SMILES string of the molecule is Cc1ccc(NC(=O)c2c(NC(=O)CN3CCC[C@@H](C)C3)sc3c2CCC3)c(C)c1. The largest absolute Gasteiger partial charge is 0.322 e. The van der Waals surface area contributed by atoms with Crippen molar-refractivity contribution < 1.29 is 9.59 Å². The van der Waals surface area contributed by atoms with E-state index in [2.05, 4.69) is 28.5 Å². The van der Waals surface area contributed by atoms with Crippen LogP contribution in [0.2, 0.25) is 0 Å². The first-order valence-corrected chi connectivity index (χ1v) is 11.8. The van der Waals surface area contributed by atoms with Crippen molar-refractivity contribution >= 4 is 33.8 Å². The standard InChI is InChI=1S/C24H31N3O2S/c1-15-9-10-19(17(3)12-15)25-23(29)22-18-7-4-8-20(18)30-24(22)26-21(28)14-27-11-5-6-16(2)13-27/h9-10,12,16H,4-8,11,13-14H2,1-3H3,(H,25,29)(H,26,28)/t16-/m1/s1. The van der Waals surface area contributed by atoms with Gasteiger partial charge >= 0.3 is 0 Å². The molecule has 1 saturated heterocycles. The van der Waals surface area contributed by atoms with E-state index in [9.17, 15) is 9.59 Å². The Morgan fingerprint density at radius 3 is 2.77 bits per heavy atom. The summed E-state index contributed by atoms with van der Waals surface area (Å²) in [7, 11) is 0. The van der Waals surface area contributed by atoms with E-state index in [1.54, 1.807) is 11.3 Å². The monoisotopic (exact) mass is 425 g/mol. The molecule has 30 heavy (non-hydrogen) atoms. The fourth-order valence-electron chi connectivity index (χ4n) is 4.67. The van der Waals surface area contributed by atoms with Crippen LogP contribution in [0.3, 0.4) is 0 Å². The fourth-order valence-corrected chi connectivity index (χ4v) is 5.97. The Kier molecular flexibility index (Phi) is 6.25. The Morgan fingerprint density at radius 1 is 1.17 bits per heavy atom. The van der Waals surface area contributed by atoms with E-state index in [1.165, 1.54) is 16.9 Å². The summed E-state index contributed by atoms with van der Waals surface area (Å²) in [6.07, 6.45) is 5.35. The molecule has 2 aromatic rings. The van der Waals surface area contributed by atoms with Crippen molar-refractivity contribution in [1.29, 1.82) is 0 Å². The van der Waals surface area contributed by atoms with E-state index in [0.717, 1.165) is 55.6 Å². The minimum Gasteiger partial charge on any atom is -0.322 e. The number of carbonyl (C=O) groups excluding carboxylic acids is 2. The number of thiophene rings is 1. The van der Waals surface area contributed by atoms with Gasteiger partial charge in [0.15, 0.2) is 0 Å². The van der Waals surface area contributed by atoms with Crippen molar-refractivity contribution in [3.8, 4) is 0 Å². The first kappa shape index (κ1) is 21.1. The Morgan fingerprint density at radius 2 is 2.00 bits per heavy atom. The van der Waals surface area contributed by atoms with E-state index in [-0.39, 0.29) is 11.8 Å². The molecule has 2 amide bonds. The maximum atomic E-state index is 13.2. The third-order valence-corrected chi connectivity index (χ3v) is 7.35. The van der Waals surface area contributed by atoms with Crippen LogP contribution < -0.4 is 10.6 Å². The maximum absolute atomic E-state index is 13.2. The lowest BCUT2D eigenvalue weighted by atomic mass is 10.0. The van der Waals surface area contributed by atoms with Crippen LogP contribution in [0.15, 0.2) is 18.2 Å². The number of nitrogens with one attached hydrogen (secondary N) is 2. The number of amides is 2. The summed E-state index contributed by atoms with van der Waals surface area (Å²) in [4.78, 5) is 29.5. The lowest BCUT2D eigenvalue weighted by molar-refractivity contribution is -0.117. The zero-order chi connectivity index (χ0) is 21.3. The molecule has 0 spiro atoms. The Balaban J connectivity index is 1.51. The molecular weight excluding hydrogens is 394 g/mol. The van der Waals surface area contributed by atoms with Gasteiger partial charge in [0.1, 0.15) is 5.00 Å². The van der Waals surface area contributed by atoms with Gasteiger partial charge in [0.05, 0.1) is 12.1 Å². The number of fused-ring (bicyclic) bond motifs is 1. The van der Waals surface area contributed by atoms with Crippen molar-refractivity contribution in [2.24, 2.45) is 5.92 Å². The predicted molar refractivity (Wildman–Crippen MR) is 124 cm³/mol. The van der Waals surface area contributed by atoms with Crippen LogP contribution >= 0.6 is 11.3 Å². The Bertz CT molecular complexity index is 966. The molecule has 1 fully saturated rings. The van der Waals surface area contributed by atoms with E-state index >= 15 is 0 Å². The second-order valence-electron chi connectivity index (χ2n) is 8.86. The lowest BCUT2D eigenvalue weighted by Crippen LogP contribution is -2.39. The zero-order valence-electron chi connectivity index (χ0n) is 18.1. The van der Waals surface area contributed by atoms with Gasteiger partial charge in [-0.05, 0) is 75.6 Å². The van der Waals surface area contributed by atoms with Crippen LogP contribution in [0.25, 0.3) is 0 Å². The Labute approximate surface area is 182 Å². The molecule has 1 atom stereocenters. The first-order chi connectivity index (χ1) is 14.4. The third-order valence-electron chi connectivity index (χ3n) is 6.14. The van der Waals surface area contributed by atoms with Crippen LogP contribution in [0, 0.1) is 19.8 Å². The molecule has 160 valence electrons. The number of likely N-dealkylation sites (tertiary alicyclic amines) is 1. The molecule has 4 rings (SSSR count). The second-order valence-corrected chi connectivity index (χ2v) is 9.97. The molecule has 0 radical (unpaired) electrons. The summed E-state index contributed by atoms with van der Waals surface area (Å²) in [6.45, 7) is 8.62. The highest BCUT2D eigenvalue weighted by Crippen LogP contribution is 2.39. The summed E-state index contributed by atoms with van der Waals surface area (Å²) in [5.41, 5.74) is 4.81. The van der Waals surface area contributed by atoms with Gasteiger partial charge in [-0.3, -0.25) is 14.5 Å². The number of benzene rings is 1. The van der Waals surface area contributed by atoms with Crippen molar-refractivity contribution in [2.45, 2.75) is 52.9 Å². The van der Waals surface area contributed by atoms with Crippen molar-refractivity contribution in [1.82, 2.24) is 4.90 Å². The van der Waals surface area contributed by atoms with Gasteiger partial charge in [0.25, 0.3) is 5.91 Å². The number of aryl methyl sites for hydroxylation is 3. The molecule has 1 aliphatic carbocycles. The number of rotatable bonds is 5. The van der Waals surface area contributed by atoms with Crippen LogP contribution in [-0.4, -0.2) is 36.3 Å². The molecule has 1 aromatic heterocycles. The van der Waals surface area contributed by atoms with E-state index < -0.39 is 0 Å². The zero-order valence-corrected chi connectivity index (χ0v) is 19.0. The van der Waals surface area contributed by atoms with Crippen LogP contribution in [0.1, 0.15) is 58.1 Å². The van der Waals surface area contributed by atoms with Gasteiger partial charge < -0.3 is 10.6 Å². The van der Waals surface area contributed by atoms with Crippen LogP contribution in [-0.2, 0) is 17.6 Å². The molecule has 6 heteroatoms. The molecular formula is C24H31N3O2S. The highest BCUT2D eigenvalue weighted by molar-refractivity contribution is 7.17. The molecule has 0 bridgehead atoms. The summed E-state index contributed by atoms with van der Waals surface area (Å²) >= 11 is 1.57. The molecule has 5 nitrogen and oxygen atoms in total. The average Bonchev–Trinajstić information content (AvgIpc) is 3.24. The van der Waals surface area contributed by atoms with Gasteiger partial charge in [0.2, 0.25) is 5.91 Å². The molecule has 0 unspecified atom stereocenters. The average molecular weight is 426 g/mol. The molecule has 0 saturated carbocycles. The molecule has 1 aliphatic heterocycles. The van der Waals surface area contributed by atoms with E-state index in [1.807, 2.05) is 26.0 Å².